The van der Waals surface area contributed by atoms with Crippen molar-refractivity contribution < 1.29 is 51.9 Å². The molecule has 0 spiro atoms. The van der Waals surface area contributed by atoms with Crippen LogP contribution in [0, 0.1) is 14.3 Å². The zero-order chi connectivity index (χ0) is 23.0. The van der Waals surface area contributed by atoms with Crippen molar-refractivity contribution in [2.24, 2.45) is 0 Å². The van der Waals surface area contributed by atoms with Crippen LogP contribution >= 0.6 is 0 Å². The molecule has 0 aliphatic heterocycles. The Kier molecular flexibility index (Phi) is 7.78. The minimum absolute atomic E-state index is 0.160. The average Bonchev–Trinajstić information content (AvgIpc) is 2.89. The third-order valence-electron chi connectivity index (χ3n) is 4.83. The fourth-order valence-corrected chi connectivity index (χ4v) is 7.61. The van der Waals surface area contributed by atoms with E-state index < -0.39 is 0 Å². The summed E-state index contributed by atoms with van der Waals surface area (Å²) in [6.07, 6.45) is 0. The molecule has 0 aliphatic carbocycles. The summed E-state index contributed by atoms with van der Waals surface area (Å²) in [5.41, 5.74) is 0. The first-order valence-electron chi connectivity index (χ1n) is 10.9. The van der Waals surface area contributed by atoms with E-state index in [1.54, 1.807) is 0 Å². The van der Waals surface area contributed by atoms with Gasteiger partial charge in [0, 0.05) is 0 Å². The van der Waals surface area contributed by atoms with Gasteiger partial charge in [0.25, 0.3) is 0 Å². The Morgan fingerprint density at radius 2 is 0.559 bits per heavy atom. The van der Waals surface area contributed by atoms with Gasteiger partial charge < -0.3 is 0 Å². The van der Waals surface area contributed by atoms with Crippen LogP contribution in [-0.4, -0.2) is 0 Å². The summed E-state index contributed by atoms with van der Waals surface area (Å²) in [6, 6.07) is 45.9. The van der Waals surface area contributed by atoms with Crippen LogP contribution in [0.5, 0.6) is 23.0 Å². The predicted molar refractivity (Wildman–Crippen MR) is 127 cm³/mol. The molecule has 4 heteroatoms. The van der Waals surface area contributed by atoms with E-state index in [9.17, 15) is 0 Å². The van der Waals surface area contributed by atoms with Gasteiger partial charge in [0.1, 0.15) is 0 Å². The maximum absolute atomic E-state index is 6.02. The normalized spacial score (nSPS) is 10.8. The Balaban J connectivity index is 1.15. The second-order valence-electron chi connectivity index (χ2n) is 7.36. The van der Waals surface area contributed by atoms with E-state index in [1.165, 1.54) is 14.3 Å². The van der Waals surface area contributed by atoms with Gasteiger partial charge in [-0.3, -0.25) is 0 Å². The third kappa shape index (κ3) is 6.61. The van der Waals surface area contributed by atoms with Gasteiger partial charge in [0.15, 0.2) is 0 Å². The average molecular weight is 668 g/mol. The Morgan fingerprint density at radius 1 is 0.294 bits per heavy atom. The second kappa shape index (κ2) is 11.5. The first-order chi connectivity index (χ1) is 16.8. The van der Waals surface area contributed by atoms with Gasteiger partial charge in [-0.1, -0.05) is 0 Å². The zero-order valence-corrected chi connectivity index (χ0v) is 22.6. The molecule has 34 heavy (non-hydrogen) atoms. The first kappa shape index (κ1) is 22.9. The number of benzene rings is 5. The molecular formula is C30H22I2O2-2. The molecule has 0 amide bonds. The molecule has 0 unspecified atom stereocenters. The molecule has 5 rings (SSSR count). The topological polar surface area (TPSA) is 18.5 Å². The van der Waals surface area contributed by atoms with Crippen LogP contribution in [0.25, 0.3) is 0 Å². The van der Waals surface area contributed by atoms with Crippen LogP contribution < -0.4 is 51.9 Å². The Morgan fingerprint density at radius 3 is 0.882 bits per heavy atom. The quantitative estimate of drug-likeness (QED) is 0.234. The fraction of sp³-hybridized carbons (Fsp3) is 0. The van der Waals surface area contributed by atoms with E-state index in [-0.39, 0.29) is 42.4 Å². The summed E-state index contributed by atoms with van der Waals surface area (Å²) in [5.74, 6) is 3.26. The van der Waals surface area contributed by atoms with E-state index in [4.69, 9.17) is 9.47 Å². The Bertz CT molecular complexity index is 1200. The number of ether oxygens (including phenoxy) is 2. The summed E-state index contributed by atoms with van der Waals surface area (Å²) in [5, 5.41) is 0. The van der Waals surface area contributed by atoms with Gasteiger partial charge in [0.05, 0.1) is 0 Å². The predicted octanol–water partition coefficient (Wildman–Crippen LogP) is 1.53. The summed E-state index contributed by atoms with van der Waals surface area (Å²) >= 11 is -0.320. The molecule has 0 radical (unpaired) electrons. The fourth-order valence-electron chi connectivity index (χ4n) is 3.19. The third-order valence-corrected chi connectivity index (χ3v) is 10.2. The molecule has 0 atom stereocenters. The Labute approximate surface area is 221 Å². The van der Waals surface area contributed by atoms with Gasteiger partial charge in [-0.2, -0.15) is 0 Å². The molecule has 5 aromatic rings. The number of hydrogen-bond donors (Lipinski definition) is 0. The van der Waals surface area contributed by atoms with Crippen LogP contribution in [-0.2, 0) is 0 Å². The number of rotatable bonds is 8. The monoisotopic (exact) mass is 668 g/mol. The summed E-state index contributed by atoms with van der Waals surface area (Å²) < 4.78 is 17.6. The van der Waals surface area contributed by atoms with Crippen molar-refractivity contribution >= 4 is 0 Å². The molecule has 2 nitrogen and oxygen atoms in total. The molecule has 0 N–H and O–H groups in total. The summed E-state index contributed by atoms with van der Waals surface area (Å²) in [6.45, 7) is 0. The second-order valence-corrected chi connectivity index (χ2v) is 13.4. The van der Waals surface area contributed by atoms with Gasteiger partial charge >= 0.3 is 223 Å². The minimum atomic E-state index is -0.160. The molecule has 5 aromatic carbocycles. The van der Waals surface area contributed by atoms with Crippen molar-refractivity contribution in [2.75, 3.05) is 0 Å². The molecule has 170 valence electrons. The van der Waals surface area contributed by atoms with Gasteiger partial charge in [-0.05, 0) is 0 Å². The van der Waals surface area contributed by atoms with Crippen molar-refractivity contribution in [3.8, 4) is 23.0 Å². The van der Waals surface area contributed by atoms with Crippen LogP contribution in [0.1, 0.15) is 0 Å². The van der Waals surface area contributed by atoms with Gasteiger partial charge in [-0.15, -0.1) is 0 Å². The Hall–Kier alpha value is -2.84. The number of hydrogen-bond acceptors (Lipinski definition) is 2. The SMILES string of the molecule is c1ccc([I-]c2ccc(Oc3ccc(Oc4ccc([I-]c5ccccc5)cc4)cc3)cc2)cc1. The number of halogens is 2. The van der Waals surface area contributed by atoms with Crippen molar-refractivity contribution in [1.29, 1.82) is 0 Å². The molecule has 0 aromatic heterocycles. The molecule has 0 aliphatic rings. The standard InChI is InChI=1S/C30H22I2O2/c1-3-7-23(8-4-1)31-25-11-15-27(16-12-25)33-29-19-21-30(22-20-29)34-28-17-13-26(14-18-28)32-24-9-5-2-6-10-24/h1-22H/q-2. The molecular weight excluding hydrogens is 646 g/mol. The van der Waals surface area contributed by atoms with E-state index >= 15 is 0 Å². The summed E-state index contributed by atoms with van der Waals surface area (Å²) in [7, 11) is 0. The van der Waals surface area contributed by atoms with E-state index in [0.29, 0.717) is 0 Å². The van der Waals surface area contributed by atoms with E-state index in [2.05, 4.69) is 84.9 Å². The van der Waals surface area contributed by atoms with Crippen molar-refractivity contribution in [1.82, 2.24) is 0 Å². The van der Waals surface area contributed by atoms with Crippen LogP contribution in [0.15, 0.2) is 133 Å². The van der Waals surface area contributed by atoms with Crippen LogP contribution in [0.3, 0.4) is 0 Å². The molecule has 0 bridgehead atoms. The summed E-state index contributed by atoms with van der Waals surface area (Å²) in [4.78, 5) is 0. The van der Waals surface area contributed by atoms with Crippen LogP contribution in [0.2, 0.25) is 0 Å². The zero-order valence-electron chi connectivity index (χ0n) is 18.3. The first-order valence-corrected chi connectivity index (χ1v) is 15.2. The van der Waals surface area contributed by atoms with Crippen molar-refractivity contribution in [3.05, 3.63) is 148 Å². The molecule has 0 fully saturated rings. The van der Waals surface area contributed by atoms with Gasteiger partial charge in [-0.25, -0.2) is 0 Å². The van der Waals surface area contributed by atoms with Crippen LogP contribution in [0.4, 0.5) is 0 Å². The maximum atomic E-state index is 6.02. The molecule has 0 saturated heterocycles. The molecule has 0 saturated carbocycles. The van der Waals surface area contributed by atoms with E-state index in [1.807, 2.05) is 48.5 Å². The molecule has 0 heterocycles. The van der Waals surface area contributed by atoms with Crippen molar-refractivity contribution in [3.63, 3.8) is 0 Å². The van der Waals surface area contributed by atoms with Crippen molar-refractivity contribution in [2.45, 2.75) is 0 Å². The van der Waals surface area contributed by atoms with Gasteiger partial charge in [0.2, 0.25) is 0 Å². The van der Waals surface area contributed by atoms with E-state index in [0.717, 1.165) is 23.0 Å².